The number of carbonyl (C=O) groups is 2. The highest BCUT2D eigenvalue weighted by atomic mass is 16.5. The number of amides is 1. The zero-order chi connectivity index (χ0) is 23.1. The molecule has 2 N–H and O–H groups in total. The number of hydrogen-bond acceptors (Lipinski definition) is 6. The third-order valence-electron chi connectivity index (χ3n) is 5.63. The van der Waals surface area contributed by atoms with Crippen LogP contribution in [0.15, 0.2) is 24.4 Å². The van der Waals surface area contributed by atoms with Gasteiger partial charge >= 0.3 is 5.97 Å². The smallest absolute Gasteiger partial charge is 0.356 e. The molecule has 0 aromatic carbocycles. The summed E-state index contributed by atoms with van der Waals surface area (Å²) in [4.78, 5) is 30.0. The SMILES string of the molecule is COCCn1c(C(=O)OC)c(NC(=O)CC(C)C)c2cc(NC[C@H]3CC=CCC3)cnc21. The van der Waals surface area contributed by atoms with E-state index in [2.05, 4.69) is 27.8 Å². The van der Waals surface area contributed by atoms with Crippen molar-refractivity contribution in [1.29, 1.82) is 0 Å². The van der Waals surface area contributed by atoms with Crippen LogP contribution in [-0.2, 0) is 20.8 Å². The van der Waals surface area contributed by atoms with Gasteiger partial charge in [0.15, 0.2) is 5.69 Å². The molecule has 2 aromatic rings. The van der Waals surface area contributed by atoms with Crippen LogP contribution in [0.2, 0.25) is 0 Å². The molecule has 0 saturated carbocycles. The molecule has 0 aliphatic heterocycles. The van der Waals surface area contributed by atoms with Crippen LogP contribution in [0.5, 0.6) is 0 Å². The molecule has 174 valence electrons. The number of nitrogens with one attached hydrogen (secondary N) is 2. The molecule has 2 aromatic heterocycles. The van der Waals surface area contributed by atoms with Crippen LogP contribution in [0.25, 0.3) is 11.0 Å². The van der Waals surface area contributed by atoms with Gasteiger partial charge in [0.05, 0.1) is 31.3 Å². The standard InChI is InChI=1S/C24H34N4O4/c1-16(2)12-20(29)27-21-19-13-18(25-14-17-8-6-5-7-9-17)15-26-23(19)28(10-11-31-3)22(21)24(30)32-4/h5-6,13,15-17,25H,7-12,14H2,1-4H3,(H,27,29)/t17-/m0/s1. The number of fused-ring (bicyclic) bond motifs is 1. The molecule has 8 heteroatoms. The van der Waals surface area contributed by atoms with Gasteiger partial charge < -0.3 is 24.7 Å². The van der Waals surface area contributed by atoms with Crippen LogP contribution >= 0.6 is 0 Å². The summed E-state index contributed by atoms with van der Waals surface area (Å²) >= 11 is 0. The lowest BCUT2D eigenvalue weighted by molar-refractivity contribution is -0.116. The van der Waals surface area contributed by atoms with E-state index in [9.17, 15) is 9.59 Å². The number of hydrogen-bond donors (Lipinski definition) is 2. The third-order valence-corrected chi connectivity index (χ3v) is 5.63. The molecule has 0 saturated heterocycles. The van der Waals surface area contributed by atoms with Crippen molar-refractivity contribution in [1.82, 2.24) is 9.55 Å². The fourth-order valence-corrected chi connectivity index (χ4v) is 4.02. The van der Waals surface area contributed by atoms with Crippen molar-refractivity contribution >= 4 is 34.3 Å². The Hall–Kier alpha value is -2.87. The second-order valence-electron chi connectivity index (χ2n) is 8.63. The molecule has 8 nitrogen and oxygen atoms in total. The van der Waals surface area contributed by atoms with Crippen molar-refractivity contribution in [3.8, 4) is 0 Å². The molecular weight excluding hydrogens is 408 g/mol. The summed E-state index contributed by atoms with van der Waals surface area (Å²) in [5.41, 5.74) is 2.17. The van der Waals surface area contributed by atoms with Crippen LogP contribution in [0.3, 0.4) is 0 Å². The van der Waals surface area contributed by atoms with Crippen molar-refractivity contribution in [2.24, 2.45) is 11.8 Å². The molecular formula is C24H34N4O4. The topological polar surface area (TPSA) is 94.5 Å². The summed E-state index contributed by atoms with van der Waals surface area (Å²) in [6.45, 7) is 5.61. The Morgan fingerprint density at radius 3 is 2.75 bits per heavy atom. The molecule has 0 spiro atoms. The number of allylic oxidation sites excluding steroid dienone is 2. The van der Waals surface area contributed by atoms with E-state index in [0.717, 1.165) is 31.5 Å². The maximum atomic E-state index is 12.7. The Morgan fingerprint density at radius 2 is 2.09 bits per heavy atom. The highest BCUT2D eigenvalue weighted by Gasteiger charge is 2.26. The number of carbonyl (C=O) groups excluding carboxylic acids is 2. The van der Waals surface area contributed by atoms with Crippen molar-refractivity contribution in [2.45, 2.75) is 46.1 Å². The molecule has 1 amide bonds. The summed E-state index contributed by atoms with van der Waals surface area (Å²) in [7, 11) is 2.93. The number of anilines is 2. The van der Waals surface area contributed by atoms with Crippen LogP contribution in [0.4, 0.5) is 11.4 Å². The van der Waals surface area contributed by atoms with Gasteiger partial charge in [0.2, 0.25) is 5.91 Å². The molecule has 1 aliphatic carbocycles. The fraction of sp³-hybridized carbons (Fsp3) is 0.542. The predicted octanol–water partition coefficient (Wildman–Crippen LogP) is 4.22. The van der Waals surface area contributed by atoms with Gasteiger partial charge in [0.1, 0.15) is 5.65 Å². The van der Waals surface area contributed by atoms with Gasteiger partial charge in [-0.05, 0) is 37.2 Å². The van der Waals surface area contributed by atoms with Crippen LogP contribution < -0.4 is 10.6 Å². The van der Waals surface area contributed by atoms with E-state index in [0.29, 0.717) is 42.2 Å². The molecule has 2 heterocycles. The summed E-state index contributed by atoms with van der Waals surface area (Å²) in [5, 5.41) is 7.13. The normalized spacial score (nSPS) is 15.8. The molecule has 0 bridgehead atoms. The zero-order valence-corrected chi connectivity index (χ0v) is 19.4. The minimum absolute atomic E-state index is 0.150. The lowest BCUT2D eigenvalue weighted by Gasteiger charge is -2.18. The van der Waals surface area contributed by atoms with Crippen LogP contribution in [0.1, 0.15) is 50.0 Å². The first kappa shape index (κ1) is 23.8. The van der Waals surface area contributed by atoms with E-state index in [1.807, 2.05) is 19.9 Å². The summed E-state index contributed by atoms with van der Waals surface area (Å²) in [5.74, 6) is 0.0990. The highest BCUT2D eigenvalue weighted by Crippen LogP contribution is 2.33. The molecule has 0 unspecified atom stereocenters. The Bertz CT molecular complexity index is 980. The van der Waals surface area contributed by atoms with Gasteiger partial charge in [-0.1, -0.05) is 26.0 Å². The number of nitrogens with zero attached hydrogens (tertiary/aromatic N) is 2. The van der Waals surface area contributed by atoms with E-state index in [1.165, 1.54) is 7.11 Å². The van der Waals surface area contributed by atoms with Crippen molar-refractivity contribution in [3.05, 3.63) is 30.1 Å². The largest absolute Gasteiger partial charge is 0.464 e. The summed E-state index contributed by atoms with van der Waals surface area (Å²) in [6.07, 6.45) is 9.93. The molecule has 32 heavy (non-hydrogen) atoms. The Kier molecular flexibility index (Phi) is 8.27. The first-order valence-corrected chi connectivity index (χ1v) is 11.2. The Labute approximate surface area is 189 Å². The van der Waals surface area contributed by atoms with Gasteiger partial charge in [-0.2, -0.15) is 0 Å². The average molecular weight is 443 g/mol. The Balaban J connectivity index is 2.00. The van der Waals surface area contributed by atoms with Crippen molar-refractivity contribution < 1.29 is 19.1 Å². The van der Waals surface area contributed by atoms with E-state index in [1.54, 1.807) is 17.9 Å². The van der Waals surface area contributed by atoms with Gasteiger partial charge in [0, 0.05) is 32.0 Å². The van der Waals surface area contributed by atoms with Gasteiger partial charge in [-0.3, -0.25) is 4.79 Å². The predicted molar refractivity (Wildman–Crippen MR) is 126 cm³/mol. The van der Waals surface area contributed by atoms with Gasteiger partial charge in [-0.15, -0.1) is 0 Å². The molecule has 1 aliphatic rings. The van der Waals surface area contributed by atoms with E-state index < -0.39 is 5.97 Å². The monoisotopic (exact) mass is 442 g/mol. The van der Waals surface area contributed by atoms with Gasteiger partial charge in [-0.25, -0.2) is 9.78 Å². The van der Waals surface area contributed by atoms with E-state index in [4.69, 9.17) is 9.47 Å². The second-order valence-corrected chi connectivity index (χ2v) is 8.63. The minimum Gasteiger partial charge on any atom is -0.464 e. The quantitative estimate of drug-likeness (QED) is 0.423. The first-order valence-electron chi connectivity index (χ1n) is 11.2. The number of ether oxygens (including phenoxy) is 2. The van der Waals surface area contributed by atoms with E-state index in [-0.39, 0.29) is 17.5 Å². The number of aromatic nitrogens is 2. The number of methoxy groups -OCH3 is 2. The average Bonchev–Trinajstić information content (AvgIpc) is 3.08. The van der Waals surface area contributed by atoms with Crippen molar-refractivity contribution in [2.75, 3.05) is 38.0 Å². The zero-order valence-electron chi connectivity index (χ0n) is 19.4. The minimum atomic E-state index is -0.526. The Morgan fingerprint density at radius 1 is 1.28 bits per heavy atom. The second kappa shape index (κ2) is 11.1. The maximum Gasteiger partial charge on any atom is 0.356 e. The van der Waals surface area contributed by atoms with E-state index >= 15 is 0 Å². The van der Waals surface area contributed by atoms with Gasteiger partial charge in [0.25, 0.3) is 0 Å². The molecule has 3 rings (SSSR count). The number of pyridine rings is 1. The van der Waals surface area contributed by atoms with Crippen molar-refractivity contribution in [3.63, 3.8) is 0 Å². The maximum absolute atomic E-state index is 12.7. The lowest BCUT2D eigenvalue weighted by Crippen LogP contribution is -2.19. The summed E-state index contributed by atoms with van der Waals surface area (Å²) in [6, 6.07) is 1.95. The lowest BCUT2D eigenvalue weighted by atomic mass is 9.94. The molecule has 0 radical (unpaired) electrons. The third kappa shape index (κ3) is 5.68. The number of rotatable bonds is 10. The first-order chi connectivity index (χ1) is 15.4. The molecule has 1 atom stereocenters. The summed E-state index contributed by atoms with van der Waals surface area (Å²) < 4.78 is 12.0. The molecule has 0 fully saturated rings. The fourth-order valence-electron chi connectivity index (χ4n) is 4.02. The highest BCUT2D eigenvalue weighted by molar-refractivity contribution is 6.11. The number of esters is 1. The van der Waals surface area contributed by atoms with Crippen LogP contribution in [0, 0.1) is 11.8 Å². The van der Waals surface area contributed by atoms with Crippen LogP contribution in [-0.4, -0.2) is 48.8 Å².